The van der Waals surface area contributed by atoms with Gasteiger partial charge in [-0.2, -0.15) is 0 Å². The first-order chi connectivity index (χ1) is 24.3. The van der Waals surface area contributed by atoms with Crippen LogP contribution in [0.3, 0.4) is 0 Å². The van der Waals surface area contributed by atoms with E-state index < -0.39 is 32.5 Å². The third-order valence-electron chi connectivity index (χ3n) is 6.82. The Morgan fingerprint density at radius 1 is 0.540 bits per heavy atom. The minimum absolute atomic E-state index is 0.0329. The molecule has 0 saturated carbocycles. The van der Waals surface area contributed by atoms with E-state index in [-0.39, 0.29) is 19.4 Å². The highest BCUT2D eigenvalue weighted by Crippen LogP contribution is 2.35. The fourth-order valence-corrected chi connectivity index (χ4v) is 4.56. The van der Waals surface area contributed by atoms with Crippen molar-refractivity contribution in [3.63, 3.8) is 0 Å². The molecule has 0 aromatic carbocycles. The Kier molecular flexibility index (Phi) is 33.2. The van der Waals surface area contributed by atoms with Gasteiger partial charge in [0, 0.05) is 6.42 Å². The summed E-state index contributed by atoms with van der Waals surface area (Å²) in [4.78, 5) is 42.6. The van der Waals surface area contributed by atoms with Gasteiger partial charge in [-0.3, -0.25) is 14.1 Å². The maximum absolute atomic E-state index is 12.3. The highest BCUT2D eigenvalue weighted by atomic mass is 31.2. The third-order valence-corrected chi connectivity index (χ3v) is 7.31. The summed E-state index contributed by atoms with van der Waals surface area (Å²) in [6.45, 7) is 3.32. The van der Waals surface area contributed by atoms with Crippen LogP contribution in [-0.4, -0.2) is 41.0 Å². The number of ether oxygens (including phenoxy) is 2. The van der Waals surface area contributed by atoms with Gasteiger partial charge >= 0.3 is 19.8 Å². The predicted octanol–water partition coefficient (Wildman–Crippen LogP) is 10.8. The highest BCUT2D eigenvalue weighted by molar-refractivity contribution is 7.46. The van der Waals surface area contributed by atoms with Crippen molar-refractivity contribution in [3.05, 3.63) is 109 Å². The zero-order chi connectivity index (χ0) is 36.8. The summed E-state index contributed by atoms with van der Waals surface area (Å²) in [6.07, 6.45) is 49.8. The van der Waals surface area contributed by atoms with E-state index in [0.29, 0.717) is 12.8 Å². The van der Waals surface area contributed by atoms with Gasteiger partial charge in [-0.05, 0) is 77.0 Å². The van der Waals surface area contributed by atoms with Crippen molar-refractivity contribution in [2.75, 3.05) is 13.2 Å². The molecule has 0 aliphatic rings. The van der Waals surface area contributed by atoms with E-state index in [1.807, 2.05) is 18.2 Å². The first-order valence-electron chi connectivity index (χ1n) is 18.2. The normalized spacial score (nSPS) is 13.8. The van der Waals surface area contributed by atoms with Gasteiger partial charge in [0.15, 0.2) is 6.10 Å². The number of carbonyl (C=O) groups excluding carboxylic acids is 2. The first-order valence-corrected chi connectivity index (χ1v) is 19.7. The number of esters is 2. The third kappa shape index (κ3) is 37.5. The monoisotopic (exact) mass is 714 g/mol. The number of rotatable bonds is 31. The second-order valence-corrected chi connectivity index (χ2v) is 12.7. The van der Waals surface area contributed by atoms with Crippen molar-refractivity contribution < 1.29 is 37.9 Å². The second kappa shape index (κ2) is 35.5. The molecule has 8 nitrogen and oxygen atoms in total. The Morgan fingerprint density at radius 3 is 1.42 bits per heavy atom. The molecule has 0 aliphatic carbocycles. The van der Waals surface area contributed by atoms with Crippen LogP contribution in [0.1, 0.15) is 117 Å². The molecule has 0 bridgehead atoms. The molecule has 0 heterocycles. The fraction of sp³-hybridized carbons (Fsp3) is 0.512. The van der Waals surface area contributed by atoms with Gasteiger partial charge in [0.1, 0.15) is 6.61 Å². The largest absolute Gasteiger partial charge is 0.469 e. The van der Waals surface area contributed by atoms with Crippen LogP contribution in [-0.2, 0) is 28.2 Å². The number of unbranched alkanes of at least 4 members (excludes halogenated alkanes) is 4. The number of phosphoric acid groups is 1. The molecule has 1 unspecified atom stereocenters. The van der Waals surface area contributed by atoms with Crippen LogP contribution < -0.4 is 0 Å². The summed E-state index contributed by atoms with van der Waals surface area (Å²) in [7, 11) is -4.79. The van der Waals surface area contributed by atoms with Gasteiger partial charge in [0.05, 0.1) is 13.0 Å². The van der Waals surface area contributed by atoms with Crippen LogP contribution in [0.5, 0.6) is 0 Å². The summed E-state index contributed by atoms with van der Waals surface area (Å²) < 4.78 is 26.1. The van der Waals surface area contributed by atoms with Gasteiger partial charge < -0.3 is 19.3 Å². The molecule has 9 heteroatoms. The lowest BCUT2D eigenvalue weighted by atomic mass is 10.1. The Hall–Kier alpha value is -3.29. The molecule has 50 heavy (non-hydrogen) atoms. The van der Waals surface area contributed by atoms with Gasteiger partial charge in [-0.25, -0.2) is 4.57 Å². The standard InChI is InChI=1S/C41H63O8P/c1-3-5-7-9-11-13-15-17-19-20-22-23-25-27-29-31-33-35-40(42)47-37-39(38-48-50(44,45)46)49-41(43)36-34-32-30-28-26-24-21-18-16-14-12-10-8-6-4-2/h5-8,11-14,17-19,21-23,26,28,32,34,39H,3-4,9-10,15-16,20,24-25,27,29-31,33,35-38H2,1-2H3,(H2,44,45,46)/b7-5-,8-6-,13-11-,14-12-,19-17-,21-18-,23-22-,28-26-,34-32-. The molecule has 1 atom stereocenters. The van der Waals surface area contributed by atoms with E-state index >= 15 is 0 Å². The smallest absolute Gasteiger partial charge is 0.462 e. The minimum Gasteiger partial charge on any atom is -0.462 e. The summed E-state index contributed by atoms with van der Waals surface area (Å²) >= 11 is 0. The average molecular weight is 715 g/mol. The molecule has 280 valence electrons. The molecule has 0 saturated heterocycles. The number of hydrogen-bond donors (Lipinski definition) is 2. The van der Waals surface area contributed by atoms with Crippen LogP contribution in [0.4, 0.5) is 0 Å². The van der Waals surface area contributed by atoms with Gasteiger partial charge in [0.25, 0.3) is 0 Å². The lowest BCUT2D eigenvalue weighted by Crippen LogP contribution is -2.29. The van der Waals surface area contributed by atoms with E-state index in [1.165, 1.54) is 0 Å². The van der Waals surface area contributed by atoms with E-state index in [2.05, 4.69) is 103 Å². The predicted molar refractivity (Wildman–Crippen MR) is 206 cm³/mol. The number of carbonyl (C=O) groups is 2. The molecule has 0 rings (SSSR count). The van der Waals surface area contributed by atoms with Crippen LogP contribution in [0.15, 0.2) is 109 Å². The van der Waals surface area contributed by atoms with Gasteiger partial charge in [0.2, 0.25) is 0 Å². The van der Waals surface area contributed by atoms with Crippen LogP contribution in [0.25, 0.3) is 0 Å². The van der Waals surface area contributed by atoms with Crippen LogP contribution >= 0.6 is 7.82 Å². The molecule has 0 aromatic rings. The molecule has 0 spiro atoms. The number of allylic oxidation sites excluding steroid dienone is 17. The lowest BCUT2D eigenvalue weighted by Gasteiger charge is -2.18. The minimum atomic E-state index is -4.79. The van der Waals surface area contributed by atoms with Crippen molar-refractivity contribution in [1.82, 2.24) is 0 Å². The first kappa shape index (κ1) is 46.7. The zero-order valence-corrected chi connectivity index (χ0v) is 31.4. The highest BCUT2D eigenvalue weighted by Gasteiger charge is 2.22. The molecule has 0 radical (unpaired) electrons. The Bertz CT molecular complexity index is 1170. The van der Waals surface area contributed by atoms with E-state index in [4.69, 9.17) is 19.3 Å². The van der Waals surface area contributed by atoms with Crippen molar-refractivity contribution in [2.24, 2.45) is 0 Å². The van der Waals surface area contributed by atoms with Gasteiger partial charge in [-0.15, -0.1) is 0 Å². The molecule has 0 fully saturated rings. The van der Waals surface area contributed by atoms with E-state index in [0.717, 1.165) is 77.0 Å². The van der Waals surface area contributed by atoms with E-state index in [9.17, 15) is 14.2 Å². The fourth-order valence-electron chi connectivity index (χ4n) is 4.20. The SMILES string of the molecule is CC/C=C\C/C=C\C/C=C\C/C=C\C/C=C\CC(=O)OC(COC(=O)CCCCCC/C=C\C/C=C\C/C=C\C/C=C\CC)COP(=O)(O)O. The second-order valence-electron chi connectivity index (χ2n) is 11.4. The molecular weight excluding hydrogens is 651 g/mol. The molecule has 0 amide bonds. The summed E-state index contributed by atoms with van der Waals surface area (Å²) in [6, 6.07) is 0. The molecular formula is C41H63O8P. The summed E-state index contributed by atoms with van der Waals surface area (Å²) in [5.74, 6) is -1.07. The van der Waals surface area contributed by atoms with E-state index in [1.54, 1.807) is 6.08 Å². The molecule has 0 aromatic heterocycles. The van der Waals surface area contributed by atoms with Crippen molar-refractivity contribution >= 4 is 19.8 Å². The Morgan fingerprint density at radius 2 is 0.960 bits per heavy atom. The maximum atomic E-state index is 12.3. The zero-order valence-electron chi connectivity index (χ0n) is 30.5. The van der Waals surface area contributed by atoms with Crippen molar-refractivity contribution in [1.29, 1.82) is 0 Å². The summed E-state index contributed by atoms with van der Waals surface area (Å²) in [5.41, 5.74) is 0. The van der Waals surface area contributed by atoms with Crippen LogP contribution in [0.2, 0.25) is 0 Å². The number of hydrogen-bond acceptors (Lipinski definition) is 6. The molecule has 2 N–H and O–H groups in total. The van der Waals surface area contributed by atoms with Crippen molar-refractivity contribution in [2.45, 2.75) is 123 Å². The average Bonchev–Trinajstić information content (AvgIpc) is 3.08. The topological polar surface area (TPSA) is 119 Å². The summed E-state index contributed by atoms with van der Waals surface area (Å²) in [5, 5.41) is 0. The number of phosphoric ester groups is 1. The van der Waals surface area contributed by atoms with Crippen LogP contribution in [0, 0.1) is 0 Å². The maximum Gasteiger partial charge on any atom is 0.469 e. The molecule has 0 aliphatic heterocycles. The van der Waals surface area contributed by atoms with Gasteiger partial charge in [-0.1, -0.05) is 136 Å². The Labute approximate surface area is 302 Å². The lowest BCUT2D eigenvalue weighted by molar-refractivity contribution is -0.160. The van der Waals surface area contributed by atoms with Crippen molar-refractivity contribution in [3.8, 4) is 0 Å². The quantitative estimate of drug-likeness (QED) is 0.0315. The Balaban J connectivity index is 4.20.